The molecule has 1 N–H and O–H groups in total. The molecule has 2 heteroatoms. The van der Waals surface area contributed by atoms with Crippen LogP contribution < -0.4 is 5.32 Å². The van der Waals surface area contributed by atoms with Crippen LogP contribution in [0.3, 0.4) is 0 Å². The van der Waals surface area contributed by atoms with Crippen molar-refractivity contribution < 1.29 is 4.39 Å². The Hall–Kier alpha value is -0.890. The lowest BCUT2D eigenvalue weighted by Crippen LogP contribution is -2.47. The van der Waals surface area contributed by atoms with Gasteiger partial charge in [-0.05, 0) is 5.57 Å². The normalized spacial score (nSPS) is 20.5. The van der Waals surface area contributed by atoms with Gasteiger partial charge in [0.1, 0.15) is 6.17 Å². The molecule has 1 fully saturated rings. The summed E-state index contributed by atoms with van der Waals surface area (Å²) in [7, 11) is 0. The van der Waals surface area contributed by atoms with Crippen LogP contribution in [-0.4, -0.2) is 19.3 Å². The SMILES string of the molecule is C=C/C=C(\C=C)CC(F)C1CNC1. The average Bonchev–Trinajstić information content (AvgIpc) is 2.00. The van der Waals surface area contributed by atoms with Crippen LogP contribution >= 0.6 is 0 Å². The van der Waals surface area contributed by atoms with Crippen molar-refractivity contribution in [2.75, 3.05) is 13.1 Å². The van der Waals surface area contributed by atoms with Crippen LogP contribution in [0.1, 0.15) is 6.42 Å². The van der Waals surface area contributed by atoms with Crippen molar-refractivity contribution in [1.29, 1.82) is 0 Å². The summed E-state index contributed by atoms with van der Waals surface area (Å²) in [6.45, 7) is 8.82. The van der Waals surface area contributed by atoms with E-state index in [9.17, 15) is 4.39 Å². The largest absolute Gasteiger partial charge is 0.316 e. The summed E-state index contributed by atoms with van der Waals surface area (Å²) in [5.74, 6) is 0.188. The van der Waals surface area contributed by atoms with Crippen molar-refractivity contribution in [1.82, 2.24) is 5.32 Å². The average molecular weight is 181 g/mol. The molecule has 0 aliphatic carbocycles. The molecule has 1 saturated heterocycles. The molecule has 0 radical (unpaired) electrons. The lowest BCUT2D eigenvalue weighted by Gasteiger charge is -2.30. The van der Waals surface area contributed by atoms with Crippen LogP contribution in [0.5, 0.6) is 0 Å². The number of rotatable bonds is 5. The van der Waals surface area contributed by atoms with E-state index in [1.54, 1.807) is 12.2 Å². The highest BCUT2D eigenvalue weighted by Gasteiger charge is 2.26. The van der Waals surface area contributed by atoms with Gasteiger partial charge in [0, 0.05) is 25.4 Å². The summed E-state index contributed by atoms with van der Waals surface area (Å²) in [5.41, 5.74) is 0.925. The maximum atomic E-state index is 13.4. The molecule has 0 aromatic heterocycles. The third-order valence-electron chi connectivity index (χ3n) is 2.35. The molecule has 0 bridgehead atoms. The minimum atomic E-state index is -0.745. The predicted molar refractivity (Wildman–Crippen MR) is 54.3 cm³/mol. The highest BCUT2D eigenvalue weighted by atomic mass is 19.1. The number of hydrogen-bond donors (Lipinski definition) is 1. The molecule has 1 atom stereocenters. The minimum absolute atomic E-state index is 0.188. The van der Waals surface area contributed by atoms with Gasteiger partial charge in [-0.2, -0.15) is 0 Å². The first-order valence-corrected chi connectivity index (χ1v) is 4.56. The number of allylic oxidation sites excluding steroid dienone is 4. The Labute approximate surface area is 79.0 Å². The van der Waals surface area contributed by atoms with E-state index in [2.05, 4.69) is 18.5 Å². The maximum Gasteiger partial charge on any atom is 0.109 e. The molecule has 1 heterocycles. The fraction of sp³-hybridized carbons (Fsp3) is 0.455. The van der Waals surface area contributed by atoms with Gasteiger partial charge in [-0.25, -0.2) is 4.39 Å². The van der Waals surface area contributed by atoms with Gasteiger partial charge in [-0.3, -0.25) is 0 Å². The van der Waals surface area contributed by atoms with Crippen LogP contribution in [0.15, 0.2) is 37.0 Å². The predicted octanol–water partition coefficient (Wildman–Crippen LogP) is 2.23. The van der Waals surface area contributed by atoms with Crippen LogP contribution in [0.2, 0.25) is 0 Å². The second-order valence-electron chi connectivity index (χ2n) is 3.32. The molecule has 1 rings (SSSR count). The van der Waals surface area contributed by atoms with Crippen LogP contribution in [0.4, 0.5) is 4.39 Å². The number of nitrogens with one attached hydrogen (secondary N) is 1. The fourth-order valence-electron chi connectivity index (χ4n) is 1.33. The third-order valence-corrected chi connectivity index (χ3v) is 2.35. The Morgan fingerprint density at radius 2 is 2.23 bits per heavy atom. The highest BCUT2D eigenvalue weighted by molar-refractivity contribution is 5.22. The fourth-order valence-corrected chi connectivity index (χ4v) is 1.33. The molecule has 1 unspecified atom stereocenters. The van der Waals surface area contributed by atoms with Gasteiger partial charge in [0.05, 0.1) is 0 Å². The molecule has 0 aromatic rings. The molecule has 0 amide bonds. The van der Waals surface area contributed by atoms with Gasteiger partial charge in [0.25, 0.3) is 0 Å². The monoisotopic (exact) mass is 181 g/mol. The van der Waals surface area contributed by atoms with E-state index in [0.29, 0.717) is 6.42 Å². The third kappa shape index (κ3) is 2.81. The summed E-state index contributed by atoms with van der Waals surface area (Å²) in [4.78, 5) is 0. The maximum absolute atomic E-state index is 13.4. The summed E-state index contributed by atoms with van der Waals surface area (Å²) in [5, 5.41) is 3.06. The van der Waals surface area contributed by atoms with Gasteiger partial charge in [0.15, 0.2) is 0 Å². The van der Waals surface area contributed by atoms with Gasteiger partial charge in [-0.1, -0.05) is 31.4 Å². The van der Waals surface area contributed by atoms with Crippen LogP contribution in [0, 0.1) is 5.92 Å². The van der Waals surface area contributed by atoms with E-state index in [0.717, 1.165) is 18.7 Å². The van der Waals surface area contributed by atoms with Crippen molar-refractivity contribution in [3.05, 3.63) is 37.0 Å². The van der Waals surface area contributed by atoms with Crippen molar-refractivity contribution in [2.45, 2.75) is 12.6 Å². The van der Waals surface area contributed by atoms with E-state index in [4.69, 9.17) is 0 Å². The molecular weight excluding hydrogens is 165 g/mol. The molecule has 1 nitrogen and oxygen atoms in total. The Bertz CT molecular complexity index is 216. The lowest BCUT2D eigenvalue weighted by atomic mass is 9.92. The number of halogens is 1. The van der Waals surface area contributed by atoms with E-state index in [1.807, 2.05) is 6.08 Å². The number of alkyl halides is 1. The Morgan fingerprint density at radius 1 is 1.54 bits per heavy atom. The topological polar surface area (TPSA) is 12.0 Å². The lowest BCUT2D eigenvalue weighted by molar-refractivity contribution is 0.169. The Morgan fingerprint density at radius 3 is 2.62 bits per heavy atom. The van der Waals surface area contributed by atoms with E-state index >= 15 is 0 Å². The first-order chi connectivity index (χ1) is 6.27. The minimum Gasteiger partial charge on any atom is -0.316 e. The molecule has 0 saturated carbocycles. The molecule has 0 aromatic carbocycles. The van der Waals surface area contributed by atoms with Gasteiger partial charge in [-0.15, -0.1) is 0 Å². The Kier molecular flexibility index (Phi) is 3.90. The van der Waals surface area contributed by atoms with Crippen LogP contribution in [0.25, 0.3) is 0 Å². The van der Waals surface area contributed by atoms with Crippen LogP contribution in [-0.2, 0) is 0 Å². The highest BCUT2D eigenvalue weighted by Crippen LogP contribution is 2.20. The van der Waals surface area contributed by atoms with Crippen molar-refractivity contribution in [3.63, 3.8) is 0 Å². The van der Waals surface area contributed by atoms with Gasteiger partial charge in [0.2, 0.25) is 0 Å². The van der Waals surface area contributed by atoms with E-state index in [-0.39, 0.29) is 5.92 Å². The van der Waals surface area contributed by atoms with Crippen molar-refractivity contribution in [2.24, 2.45) is 5.92 Å². The summed E-state index contributed by atoms with van der Waals surface area (Å²) in [6.07, 6.45) is 4.89. The summed E-state index contributed by atoms with van der Waals surface area (Å²) in [6, 6.07) is 0. The smallest absolute Gasteiger partial charge is 0.109 e. The first kappa shape index (κ1) is 10.2. The zero-order chi connectivity index (χ0) is 9.68. The molecule has 0 spiro atoms. The van der Waals surface area contributed by atoms with Gasteiger partial charge >= 0.3 is 0 Å². The molecule has 72 valence electrons. The van der Waals surface area contributed by atoms with Gasteiger partial charge < -0.3 is 5.32 Å². The second-order valence-corrected chi connectivity index (χ2v) is 3.32. The summed E-state index contributed by atoms with van der Waals surface area (Å²) >= 11 is 0. The first-order valence-electron chi connectivity index (χ1n) is 4.56. The summed E-state index contributed by atoms with van der Waals surface area (Å²) < 4.78 is 13.4. The second kappa shape index (κ2) is 4.97. The quantitative estimate of drug-likeness (QED) is 0.641. The molecule has 13 heavy (non-hydrogen) atoms. The Balaban J connectivity index is 2.40. The van der Waals surface area contributed by atoms with E-state index in [1.165, 1.54) is 0 Å². The number of hydrogen-bond acceptors (Lipinski definition) is 1. The zero-order valence-electron chi connectivity index (χ0n) is 7.80. The zero-order valence-corrected chi connectivity index (χ0v) is 7.80. The molecular formula is C11H16FN. The van der Waals surface area contributed by atoms with Crippen molar-refractivity contribution >= 4 is 0 Å². The van der Waals surface area contributed by atoms with E-state index < -0.39 is 6.17 Å². The standard InChI is InChI=1S/C11H16FN/c1-3-5-9(4-2)6-11(12)10-7-13-8-10/h3-5,10-11,13H,1-2,6-8H2/b9-5+. The molecule has 1 aliphatic rings. The molecule has 1 aliphatic heterocycles. The van der Waals surface area contributed by atoms with Crippen molar-refractivity contribution in [3.8, 4) is 0 Å².